The second kappa shape index (κ2) is 47.3. The third-order valence-corrected chi connectivity index (χ3v) is 11.8. The first-order valence-corrected chi connectivity index (χ1v) is 25.5. The van der Waals surface area contributed by atoms with Crippen LogP contribution in [0.3, 0.4) is 0 Å². The minimum Gasteiger partial charge on any atom is -0.466 e. The number of allylic oxidation sites excluding steroid dienone is 1. The summed E-state index contributed by atoms with van der Waals surface area (Å²) in [6.07, 6.45) is 53.5. The molecular weight excluding hydrogens is 707 g/mol. The van der Waals surface area contributed by atoms with Gasteiger partial charge < -0.3 is 20.3 Å². The van der Waals surface area contributed by atoms with Gasteiger partial charge in [-0.2, -0.15) is 0 Å². The van der Waals surface area contributed by atoms with E-state index < -0.39 is 12.1 Å². The van der Waals surface area contributed by atoms with Crippen LogP contribution < -0.4 is 5.32 Å². The highest BCUT2D eigenvalue weighted by Crippen LogP contribution is 2.16. The van der Waals surface area contributed by atoms with Crippen molar-refractivity contribution in [3.63, 3.8) is 0 Å². The maximum Gasteiger partial charge on any atom is 0.305 e. The van der Waals surface area contributed by atoms with Gasteiger partial charge in [0.05, 0.1) is 25.4 Å². The Morgan fingerprint density at radius 2 is 0.807 bits per heavy atom. The van der Waals surface area contributed by atoms with Gasteiger partial charge in [0.25, 0.3) is 0 Å². The summed E-state index contributed by atoms with van der Waals surface area (Å²) in [6.45, 7) is 4.87. The zero-order valence-corrected chi connectivity index (χ0v) is 38.3. The maximum atomic E-state index is 12.4. The minimum atomic E-state index is -0.847. The Kier molecular flexibility index (Phi) is 46.1. The van der Waals surface area contributed by atoms with Gasteiger partial charge in [0.2, 0.25) is 5.91 Å². The molecule has 57 heavy (non-hydrogen) atoms. The van der Waals surface area contributed by atoms with Crippen LogP contribution in [0.1, 0.15) is 277 Å². The van der Waals surface area contributed by atoms with Crippen LogP contribution in [0.5, 0.6) is 0 Å². The smallest absolute Gasteiger partial charge is 0.305 e. The highest BCUT2D eigenvalue weighted by Gasteiger charge is 2.18. The van der Waals surface area contributed by atoms with E-state index in [1.165, 1.54) is 205 Å². The SMILES string of the molecule is CCCCCCCCCC/C=C/C(O)C(CO)NC(=O)CCCCCCCCCCCCCCCCCOC(=O)CCCCCCCCCCCCCCCCC. The number of ether oxygens (including phenoxy) is 1. The van der Waals surface area contributed by atoms with Crippen molar-refractivity contribution >= 4 is 11.9 Å². The largest absolute Gasteiger partial charge is 0.466 e. The van der Waals surface area contributed by atoms with Crippen molar-refractivity contribution < 1.29 is 24.5 Å². The molecule has 0 rings (SSSR count). The summed E-state index contributed by atoms with van der Waals surface area (Å²) >= 11 is 0. The molecule has 3 N–H and O–H groups in total. The van der Waals surface area contributed by atoms with Gasteiger partial charge in [-0.15, -0.1) is 0 Å². The fourth-order valence-corrected chi connectivity index (χ4v) is 7.87. The molecule has 0 fully saturated rings. The van der Waals surface area contributed by atoms with Crippen LogP contribution in [-0.2, 0) is 14.3 Å². The number of hydrogen-bond donors (Lipinski definition) is 3. The topological polar surface area (TPSA) is 95.9 Å². The van der Waals surface area contributed by atoms with Gasteiger partial charge in [0, 0.05) is 12.8 Å². The van der Waals surface area contributed by atoms with Crippen LogP contribution in [0.15, 0.2) is 12.2 Å². The number of aliphatic hydroxyl groups is 2. The fraction of sp³-hybridized carbons (Fsp3) is 0.922. The van der Waals surface area contributed by atoms with Crippen molar-refractivity contribution in [2.45, 2.75) is 289 Å². The molecule has 2 unspecified atom stereocenters. The number of hydrogen-bond acceptors (Lipinski definition) is 5. The average Bonchev–Trinajstić information content (AvgIpc) is 3.21. The molecule has 0 aromatic heterocycles. The van der Waals surface area contributed by atoms with Gasteiger partial charge in [-0.25, -0.2) is 0 Å². The number of amides is 1. The first-order valence-electron chi connectivity index (χ1n) is 25.5. The second-order valence-corrected chi connectivity index (χ2v) is 17.5. The van der Waals surface area contributed by atoms with Crippen molar-refractivity contribution in [3.8, 4) is 0 Å². The molecule has 6 nitrogen and oxygen atoms in total. The third-order valence-electron chi connectivity index (χ3n) is 11.8. The van der Waals surface area contributed by atoms with Crippen LogP contribution in [0, 0.1) is 0 Å². The Morgan fingerprint density at radius 1 is 0.474 bits per heavy atom. The number of unbranched alkanes of at least 4 members (excludes halogenated alkanes) is 36. The van der Waals surface area contributed by atoms with E-state index in [9.17, 15) is 19.8 Å². The van der Waals surface area contributed by atoms with E-state index in [0.717, 1.165) is 44.9 Å². The highest BCUT2D eigenvalue weighted by molar-refractivity contribution is 5.76. The van der Waals surface area contributed by atoms with E-state index in [4.69, 9.17) is 4.74 Å². The van der Waals surface area contributed by atoms with E-state index in [1.807, 2.05) is 6.08 Å². The Bertz CT molecular complexity index is 847. The zero-order valence-electron chi connectivity index (χ0n) is 38.3. The van der Waals surface area contributed by atoms with E-state index in [-0.39, 0.29) is 18.5 Å². The Labute approximate surface area is 355 Å². The number of rotatable bonds is 47. The number of esters is 1. The Hall–Kier alpha value is -1.40. The van der Waals surface area contributed by atoms with Crippen LogP contribution >= 0.6 is 0 Å². The monoisotopic (exact) mass is 806 g/mol. The van der Waals surface area contributed by atoms with Gasteiger partial charge >= 0.3 is 5.97 Å². The van der Waals surface area contributed by atoms with Gasteiger partial charge in [-0.1, -0.05) is 244 Å². The number of nitrogens with one attached hydrogen (secondary N) is 1. The number of aliphatic hydroxyl groups excluding tert-OH is 2. The molecule has 0 bridgehead atoms. The van der Waals surface area contributed by atoms with Crippen molar-refractivity contribution in [2.24, 2.45) is 0 Å². The lowest BCUT2D eigenvalue weighted by Gasteiger charge is -2.20. The fourth-order valence-electron chi connectivity index (χ4n) is 7.87. The molecule has 0 saturated carbocycles. The van der Waals surface area contributed by atoms with Crippen LogP contribution in [0.2, 0.25) is 0 Å². The predicted molar refractivity (Wildman–Crippen MR) is 246 cm³/mol. The van der Waals surface area contributed by atoms with E-state index in [1.54, 1.807) is 6.08 Å². The van der Waals surface area contributed by atoms with Crippen molar-refractivity contribution in [1.82, 2.24) is 5.32 Å². The second-order valence-electron chi connectivity index (χ2n) is 17.5. The summed E-state index contributed by atoms with van der Waals surface area (Å²) in [4.78, 5) is 24.4. The normalized spacial score (nSPS) is 12.7. The maximum absolute atomic E-state index is 12.4. The zero-order chi connectivity index (χ0) is 41.5. The summed E-state index contributed by atoms with van der Waals surface area (Å²) in [5.41, 5.74) is 0. The molecule has 2 atom stereocenters. The van der Waals surface area contributed by atoms with Crippen LogP contribution in [-0.4, -0.2) is 47.4 Å². The average molecular weight is 806 g/mol. The van der Waals surface area contributed by atoms with Crippen molar-refractivity contribution in [2.75, 3.05) is 13.2 Å². The molecule has 0 radical (unpaired) electrons. The van der Waals surface area contributed by atoms with Crippen LogP contribution in [0.4, 0.5) is 0 Å². The third kappa shape index (κ3) is 44.0. The molecule has 0 heterocycles. The standard InChI is InChI=1S/C51H99NO5/c1-3-5-7-9-11-13-15-16-18-22-25-29-33-37-41-45-51(56)57-46-42-38-34-30-26-23-20-17-19-21-24-28-32-36-40-44-50(55)52-48(47-53)49(54)43-39-35-31-27-14-12-10-8-6-4-2/h39,43,48-49,53-54H,3-38,40-42,44-47H2,1-2H3,(H,52,55)/b43-39+. The molecular formula is C51H99NO5. The molecule has 0 aliphatic heterocycles. The van der Waals surface area contributed by atoms with Gasteiger partial charge in [-0.05, 0) is 32.1 Å². The quantitative estimate of drug-likeness (QED) is 0.0323. The molecule has 0 aromatic carbocycles. The van der Waals surface area contributed by atoms with Crippen LogP contribution in [0.25, 0.3) is 0 Å². The molecule has 0 saturated heterocycles. The minimum absolute atomic E-state index is 0.00214. The molecule has 338 valence electrons. The summed E-state index contributed by atoms with van der Waals surface area (Å²) < 4.78 is 5.47. The van der Waals surface area contributed by atoms with Gasteiger partial charge in [-0.3, -0.25) is 9.59 Å². The van der Waals surface area contributed by atoms with Gasteiger partial charge in [0.1, 0.15) is 0 Å². The van der Waals surface area contributed by atoms with Crippen molar-refractivity contribution in [1.29, 1.82) is 0 Å². The van der Waals surface area contributed by atoms with Gasteiger partial charge in [0.15, 0.2) is 0 Å². The van der Waals surface area contributed by atoms with E-state index in [2.05, 4.69) is 19.2 Å². The lowest BCUT2D eigenvalue weighted by molar-refractivity contribution is -0.143. The summed E-state index contributed by atoms with van der Waals surface area (Å²) in [6, 6.07) is -0.631. The highest BCUT2D eigenvalue weighted by atomic mass is 16.5. The van der Waals surface area contributed by atoms with E-state index in [0.29, 0.717) is 19.4 Å². The van der Waals surface area contributed by atoms with Crippen molar-refractivity contribution in [3.05, 3.63) is 12.2 Å². The lowest BCUT2D eigenvalue weighted by atomic mass is 10.0. The van der Waals surface area contributed by atoms with E-state index >= 15 is 0 Å². The molecule has 0 aliphatic rings. The Morgan fingerprint density at radius 3 is 1.19 bits per heavy atom. The number of carbonyl (C=O) groups excluding carboxylic acids is 2. The summed E-state index contributed by atoms with van der Waals surface area (Å²) in [5, 5.41) is 22.9. The first kappa shape index (κ1) is 55.6. The molecule has 0 aliphatic carbocycles. The molecule has 6 heteroatoms. The summed E-state index contributed by atoms with van der Waals surface area (Å²) in [7, 11) is 0. The molecule has 0 aromatic rings. The molecule has 1 amide bonds. The molecule has 0 spiro atoms. The number of carbonyl (C=O) groups is 2. The predicted octanol–water partition coefficient (Wildman–Crippen LogP) is 15.0. The Balaban J connectivity index is 3.41. The summed E-state index contributed by atoms with van der Waals surface area (Å²) in [5.74, 6) is -0.0757. The lowest BCUT2D eigenvalue weighted by Crippen LogP contribution is -2.45. The first-order chi connectivity index (χ1) is 28.0.